The number of piperidine rings is 1. The summed E-state index contributed by atoms with van der Waals surface area (Å²) in [7, 11) is 1.43. The zero-order valence-electron chi connectivity index (χ0n) is 10.4. The topological polar surface area (TPSA) is 46.6 Å². The number of ether oxygens (including phenoxy) is 1. The second kappa shape index (κ2) is 5.43. The maximum absolute atomic E-state index is 11.5. The molecule has 0 aromatic carbocycles. The van der Waals surface area contributed by atoms with Gasteiger partial charge in [0, 0.05) is 25.9 Å². The fraction of sp³-hybridized carbons (Fsp3) is 0.833. The van der Waals surface area contributed by atoms with Crippen LogP contribution in [0.25, 0.3) is 0 Å². The average molecular weight is 227 g/mol. The van der Waals surface area contributed by atoms with Gasteiger partial charge in [0.05, 0.1) is 7.11 Å². The van der Waals surface area contributed by atoms with Crippen molar-refractivity contribution in [2.45, 2.75) is 45.1 Å². The van der Waals surface area contributed by atoms with Gasteiger partial charge in [-0.2, -0.15) is 0 Å². The van der Waals surface area contributed by atoms with Crippen LogP contribution < -0.4 is 0 Å². The predicted octanol–water partition coefficient (Wildman–Crippen LogP) is 1.38. The molecule has 4 heteroatoms. The molecule has 1 aliphatic heterocycles. The standard InChI is InChI=1S/C10H15NO3.C2H6/c1-14-9(13)10(4-5-10)11-6-2-8(12)3-7-11;1-2/h2-7H2,1H3;1-2H3. The molecule has 1 heterocycles. The Bertz CT molecular complexity index is 261. The first-order valence-electron chi connectivity index (χ1n) is 6.04. The summed E-state index contributed by atoms with van der Waals surface area (Å²) in [6.07, 6.45) is 2.93. The number of methoxy groups -OCH3 is 1. The predicted molar refractivity (Wildman–Crippen MR) is 61.1 cm³/mol. The van der Waals surface area contributed by atoms with Crippen molar-refractivity contribution in [2.24, 2.45) is 0 Å². The van der Waals surface area contributed by atoms with Crippen molar-refractivity contribution >= 4 is 11.8 Å². The van der Waals surface area contributed by atoms with Gasteiger partial charge in [-0.3, -0.25) is 14.5 Å². The maximum Gasteiger partial charge on any atom is 0.326 e. The van der Waals surface area contributed by atoms with E-state index in [4.69, 9.17) is 4.74 Å². The Balaban J connectivity index is 0.000000606. The van der Waals surface area contributed by atoms with Gasteiger partial charge in [0.15, 0.2) is 0 Å². The highest BCUT2D eigenvalue weighted by Crippen LogP contribution is 2.43. The first-order chi connectivity index (χ1) is 7.69. The van der Waals surface area contributed by atoms with Gasteiger partial charge in [0.25, 0.3) is 0 Å². The van der Waals surface area contributed by atoms with Crippen LogP contribution in [0.1, 0.15) is 39.5 Å². The zero-order valence-corrected chi connectivity index (χ0v) is 10.4. The molecule has 0 atom stereocenters. The fourth-order valence-electron chi connectivity index (χ4n) is 2.14. The summed E-state index contributed by atoms with van der Waals surface area (Å²) in [5.41, 5.74) is -0.366. The summed E-state index contributed by atoms with van der Waals surface area (Å²) in [6, 6.07) is 0. The van der Waals surface area contributed by atoms with Gasteiger partial charge in [-0.25, -0.2) is 0 Å². The smallest absolute Gasteiger partial charge is 0.326 e. The average Bonchev–Trinajstić information content (AvgIpc) is 3.13. The highest BCUT2D eigenvalue weighted by molar-refractivity contribution is 5.85. The Hall–Kier alpha value is -0.900. The number of likely N-dealkylation sites (tertiary alicyclic amines) is 1. The first-order valence-corrected chi connectivity index (χ1v) is 6.04. The van der Waals surface area contributed by atoms with Crippen molar-refractivity contribution in [1.29, 1.82) is 0 Å². The van der Waals surface area contributed by atoms with Crippen LogP contribution in [0, 0.1) is 0 Å². The van der Waals surface area contributed by atoms with E-state index in [2.05, 4.69) is 4.90 Å². The quantitative estimate of drug-likeness (QED) is 0.669. The lowest BCUT2D eigenvalue weighted by molar-refractivity contribution is -0.150. The summed E-state index contributed by atoms with van der Waals surface area (Å²) in [6.45, 7) is 5.43. The van der Waals surface area contributed by atoms with E-state index in [0.717, 1.165) is 12.8 Å². The molecule has 0 N–H and O–H groups in total. The molecule has 0 unspecified atom stereocenters. The lowest BCUT2D eigenvalue weighted by atomic mass is 10.1. The van der Waals surface area contributed by atoms with Gasteiger partial charge in [-0.05, 0) is 12.8 Å². The Labute approximate surface area is 96.9 Å². The third-order valence-electron chi connectivity index (χ3n) is 3.22. The van der Waals surface area contributed by atoms with Gasteiger partial charge in [-0.15, -0.1) is 0 Å². The Kier molecular flexibility index (Phi) is 4.47. The number of ketones is 1. The number of carbonyl (C=O) groups excluding carboxylic acids is 2. The summed E-state index contributed by atoms with van der Waals surface area (Å²) in [5.74, 6) is 0.175. The molecule has 0 aromatic heterocycles. The van der Waals surface area contributed by atoms with Crippen molar-refractivity contribution in [2.75, 3.05) is 20.2 Å². The van der Waals surface area contributed by atoms with Gasteiger partial charge >= 0.3 is 5.97 Å². The van der Waals surface area contributed by atoms with E-state index in [1.807, 2.05) is 13.8 Å². The number of carbonyl (C=O) groups is 2. The van der Waals surface area contributed by atoms with Crippen LogP contribution in [0.3, 0.4) is 0 Å². The van der Waals surface area contributed by atoms with Crippen LogP contribution in [0.15, 0.2) is 0 Å². The molecule has 92 valence electrons. The van der Waals surface area contributed by atoms with E-state index in [1.165, 1.54) is 7.11 Å². The second-order valence-electron chi connectivity index (χ2n) is 4.05. The van der Waals surface area contributed by atoms with E-state index in [0.29, 0.717) is 31.7 Å². The van der Waals surface area contributed by atoms with Crippen LogP contribution in [-0.4, -0.2) is 42.4 Å². The largest absolute Gasteiger partial charge is 0.468 e. The SMILES string of the molecule is CC.COC(=O)C1(N2CCC(=O)CC2)CC1. The molecule has 2 aliphatic rings. The lowest BCUT2D eigenvalue weighted by Crippen LogP contribution is -2.48. The molecule has 1 saturated heterocycles. The minimum Gasteiger partial charge on any atom is -0.468 e. The Morgan fingerprint density at radius 1 is 1.25 bits per heavy atom. The summed E-state index contributed by atoms with van der Waals surface area (Å²) in [5, 5.41) is 0. The zero-order chi connectivity index (χ0) is 12.2. The van der Waals surface area contributed by atoms with Gasteiger partial charge < -0.3 is 4.74 Å². The van der Waals surface area contributed by atoms with Crippen LogP contribution >= 0.6 is 0 Å². The normalized spacial score (nSPS) is 23.1. The van der Waals surface area contributed by atoms with E-state index < -0.39 is 0 Å². The molecule has 0 aromatic rings. The molecular weight excluding hydrogens is 206 g/mol. The van der Waals surface area contributed by atoms with Crippen molar-refractivity contribution in [3.63, 3.8) is 0 Å². The minimum atomic E-state index is -0.366. The molecule has 4 nitrogen and oxygen atoms in total. The first kappa shape index (κ1) is 13.2. The molecule has 0 radical (unpaired) electrons. The van der Waals surface area contributed by atoms with E-state index >= 15 is 0 Å². The van der Waals surface area contributed by atoms with Crippen molar-refractivity contribution in [3.8, 4) is 0 Å². The molecule has 2 fully saturated rings. The van der Waals surface area contributed by atoms with E-state index in [1.54, 1.807) is 0 Å². The number of esters is 1. The number of nitrogens with zero attached hydrogens (tertiary/aromatic N) is 1. The van der Waals surface area contributed by atoms with Crippen LogP contribution in [0.5, 0.6) is 0 Å². The highest BCUT2D eigenvalue weighted by atomic mass is 16.5. The summed E-state index contributed by atoms with van der Waals surface area (Å²) < 4.78 is 4.79. The molecule has 1 saturated carbocycles. The Morgan fingerprint density at radius 2 is 1.75 bits per heavy atom. The van der Waals surface area contributed by atoms with Crippen molar-refractivity contribution < 1.29 is 14.3 Å². The second-order valence-corrected chi connectivity index (χ2v) is 4.05. The molecule has 1 aliphatic carbocycles. The summed E-state index contributed by atoms with van der Waals surface area (Å²) >= 11 is 0. The molecule has 2 rings (SSSR count). The monoisotopic (exact) mass is 227 g/mol. The summed E-state index contributed by atoms with van der Waals surface area (Å²) in [4.78, 5) is 24.7. The molecule has 0 spiro atoms. The highest BCUT2D eigenvalue weighted by Gasteiger charge is 2.55. The van der Waals surface area contributed by atoms with Crippen molar-refractivity contribution in [3.05, 3.63) is 0 Å². The Morgan fingerprint density at radius 3 is 2.12 bits per heavy atom. The minimum absolute atomic E-state index is 0.133. The number of rotatable bonds is 2. The van der Waals surface area contributed by atoms with Crippen molar-refractivity contribution in [1.82, 2.24) is 4.90 Å². The number of hydrogen-bond acceptors (Lipinski definition) is 4. The fourth-order valence-corrected chi connectivity index (χ4v) is 2.14. The number of Topliss-reactive ketones (excluding diaryl/α,β-unsaturated/α-hetero) is 1. The molecule has 0 bridgehead atoms. The third-order valence-corrected chi connectivity index (χ3v) is 3.22. The van der Waals surface area contributed by atoms with Gasteiger partial charge in [-0.1, -0.05) is 13.8 Å². The molecule has 16 heavy (non-hydrogen) atoms. The molecular formula is C12H21NO3. The van der Waals surface area contributed by atoms with Crippen LogP contribution in [0.2, 0.25) is 0 Å². The van der Waals surface area contributed by atoms with E-state index in [-0.39, 0.29) is 11.5 Å². The van der Waals surface area contributed by atoms with Crippen LogP contribution in [-0.2, 0) is 14.3 Å². The van der Waals surface area contributed by atoms with Gasteiger partial charge in [0.1, 0.15) is 11.3 Å². The van der Waals surface area contributed by atoms with E-state index in [9.17, 15) is 9.59 Å². The third kappa shape index (κ3) is 2.43. The van der Waals surface area contributed by atoms with Crippen LogP contribution in [0.4, 0.5) is 0 Å². The van der Waals surface area contributed by atoms with Gasteiger partial charge in [0.2, 0.25) is 0 Å². The number of hydrogen-bond donors (Lipinski definition) is 0. The molecule has 0 amide bonds. The maximum atomic E-state index is 11.5. The lowest BCUT2D eigenvalue weighted by Gasteiger charge is -2.32.